The number of non-ortho nitro benzene ring substituents is 2. The zero-order valence-electron chi connectivity index (χ0n) is 21.3. The Bertz CT molecular complexity index is 1650. The zero-order valence-corrected chi connectivity index (χ0v) is 21.3. The molecule has 2 heterocycles. The third-order valence-electron chi connectivity index (χ3n) is 5.64. The molecule has 13 heteroatoms. The van der Waals surface area contributed by atoms with E-state index in [1.54, 1.807) is 31.6 Å². The molecule has 0 aliphatic heterocycles. The van der Waals surface area contributed by atoms with E-state index < -0.39 is 33.5 Å². The summed E-state index contributed by atoms with van der Waals surface area (Å²) >= 11 is 0. The number of ether oxygens (including phenoxy) is 1. The molecule has 198 valence electrons. The summed E-state index contributed by atoms with van der Waals surface area (Å²) in [5.74, 6) is -0.702. The normalized spacial score (nSPS) is 11.6. The molecule has 4 rings (SSSR count). The van der Waals surface area contributed by atoms with Crippen LogP contribution in [0.1, 0.15) is 34.1 Å². The fraction of sp³-hybridized carbons (Fsp3) is 0.320. The van der Waals surface area contributed by atoms with Crippen LogP contribution in [0.15, 0.2) is 47.4 Å². The average molecular weight is 523 g/mol. The molecule has 0 saturated carbocycles. The van der Waals surface area contributed by atoms with E-state index in [-0.39, 0.29) is 28.1 Å². The minimum absolute atomic E-state index is 0.0224. The molecule has 2 aromatic heterocycles. The predicted octanol–water partition coefficient (Wildman–Crippen LogP) is 4.13. The molecule has 0 fully saturated rings. The SMILES string of the molecule is CCCNn1cc(-c2nc3ccc([N+](=O)[O-])cc3n(CC(=O)OC(C)(C)C)c2=O)c2ccc([N+](=O)[O-])cc21. The van der Waals surface area contributed by atoms with Gasteiger partial charge in [0, 0.05) is 48.0 Å². The van der Waals surface area contributed by atoms with Crippen LogP contribution < -0.4 is 11.0 Å². The fourth-order valence-corrected chi connectivity index (χ4v) is 4.06. The van der Waals surface area contributed by atoms with Gasteiger partial charge in [-0.25, -0.2) is 4.98 Å². The number of hydrogen-bond acceptors (Lipinski definition) is 9. The lowest BCUT2D eigenvalue weighted by molar-refractivity contribution is -0.384. The first kappa shape index (κ1) is 26.3. The van der Waals surface area contributed by atoms with E-state index in [4.69, 9.17) is 4.74 Å². The van der Waals surface area contributed by atoms with Crippen LogP contribution in [0.5, 0.6) is 0 Å². The summed E-state index contributed by atoms with van der Waals surface area (Å²) in [4.78, 5) is 52.7. The van der Waals surface area contributed by atoms with Crippen LogP contribution >= 0.6 is 0 Å². The number of carbonyl (C=O) groups excluding carboxylic acids is 1. The summed E-state index contributed by atoms with van der Waals surface area (Å²) in [7, 11) is 0. The Labute approximate surface area is 215 Å². The minimum Gasteiger partial charge on any atom is -0.459 e. The molecular formula is C25H26N6O7. The number of nitro groups is 2. The highest BCUT2D eigenvalue weighted by Crippen LogP contribution is 2.31. The predicted molar refractivity (Wildman–Crippen MR) is 141 cm³/mol. The number of nitro benzene ring substituents is 2. The number of nitrogens with zero attached hydrogens (tertiary/aromatic N) is 5. The molecule has 0 radical (unpaired) electrons. The van der Waals surface area contributed by atoms with Gasteiger partial charge < -0.3 is 10.2 Å². The van der Waals surface area contributed by atoms with Gasteiger partial charge >= 0.3 is 5.97 Å². The molecule has 0 spiro atoms. The minimum atomic E-state index is -0.814. The van der Waals surface area contributed by atoms with Crippen molar-refractivity contribution in [1.29, 1.82) is 0 Å². The quantitative estimate of drug-likeness (QED) is 0.203. The van der Waals surface area contributed by atoms with Crippen molar-refractivity contribution in [2.24, 2.45) is 0 Å². The van der Waals surface area contributed by atoms with E-state index in [1.807, 2.05) is 6.92 Å². The van der Waals surface area contributed by atoms with E-state index in [0.717, 1.165) is 11.0 Å². The first-order valence-corrected chi connectivity index (χ1v) is 11.8. The maximum absolute atomic E-state index is 13.8. The Morgan fingerprint density at radius 3 is 2.29 bits per heavy atom. The van der Waals surface area contributed by atoms with Crippen LogP contribution in [0.3, 0.4) is 0 Å². The summed E-state index contributed by atoms with van der Waals surface area (Å²) in [5, 5.41) is 23.3. The third kappa shape index (κ3) is 5.16. The zero-order chi connectivity index (χ0) is 27.8. The Morgan fingerprint density at radius 2 is 1.68 bits per heavy atom. The Kier molecular flexibility index (Phi) is 6.85. The molecule has 38 heavy (non-hydrogen) atoms. The van der Waals surface area contributed by atoms with Gasteiger partial charge in [-0.15, -0.1) is 0 Å². The number of hydrogen-bond donors (Lipinski definition) is 1. The van der Waals surface area contributed by atoms with E-state index in [1.165, 1.54) is 36.4 Å². The van der Waals surface area contributed by atoms with E-state index in [2.05, 4.69) is 10.4 Å². The molecule has 13 nitrogen and oxygen atoms in total. The Hall–Kier alpha value is -4.81. The Balaban J connectivity index is 1.99. The maximum atomic E-state index is 13.8. The van der Waals surface area contributed by atoms with Gasteiger partial charge in [-0.3, -0.25) is 39.1 Å². The topological polar surface area (TPSA) is 164 Å². The molecule has 0 unspecified atom stereocenters. The van der Waals surface area contributed by atoms with Crippen LogP contribution in [-0.2, 0) is 16.1 Å². The van der Waals surface area contributed by atoms with E-state index in [9.17, 15) is 29.8 Å². The van der Waals surface area contributed by atoms with Crippen molar-refractivity contribution in [2.45, 2.75) is 46.3 Å². The van der Waals surface area contributed by atoms with Crippen LogP contribution in [0.2, 0.25) is 0 Å². The van der Waals surface area contributed by atoms with Gasteiger partial charge in [-0.05, 0) is 39.3 Å². The van der Waals surface area contributed by atoms with Crippen LogP contribution in [-0.4, -0.2) is 42.2 Å². The van der Waals surface area contributed by atoms with Crippen molar-refractivity contribution in [3.63, 3.8) is 0 Å². The molecular weight excluding hydrogens is 496 g/mol. The van der Waals surface area contributed by atoms with Gasteiger partial charge in [0.15, 0.2) is 0 Å². The summed E-state index contributed by atoms with van der Waals surface area (Å²) in [6.07, 6.45) is 2.39. The van der Waals surface area contributed by atoms with Gasteiger partial charge in [0.2, 0.25) is 0 Å². The number of nitrogens with one attached hydrogen (secondary N) is 1. The maximum Gasteiger partial charge on any atom is 0.326 e. The van der Waals surface area contributed by atoms with E-state index >= 15 is 0 Å². The smallest absolute Gasteiger partial charge is 0.326 e. The lowest BCUT2D eigenvalue weighted by atomic mass is 10.1. The molecule has 4 aromatic rings. The molecule has 0 saturated heterocycles. The highest BCUT2D eigenvalue weighted by atomic mass is 16.6. The summed E-state index contributed by atoms with van der Waals surface area (Å²) in [5.41, 5.74) is 2.44. The summed E-state index contributed by atoms with van der Waals surface area (Å²) < 4.78 is 8.09. The van der Waals surface area contributed by atoms with Crippen LogP contribution in [0, 0.1) is 20.2 Å². The molecule has 0 aliphatic carbocycles. The van der Waals surface area contributed by atoms with Gasteiger partial charge in [0.05, 0.1) is 26.4 Å². The van der Waals surface area contributed by atoms with Crippen molar-refractivity contribution in [1.82, 2.24) is 14.2 Å². The molecule has 2 aromatic carbocycles. The lowest BCUT2D eigenvalue weighted by Gasteiger charge is -2.20. The molecule has 0 atom stereocenters. The standard InChI is InChI=1S/C25H26N6O7/c1-5-10-26-29-13-18(17-8-6-15(30(34)35)11-20(17)29)23-24(33)28(14-22(32)38-25(2,3)4)21-12-16(31(36)37)7-9-19(21)27-23/h6-9,11-13,26H,5,10,14H2,1-4H3. The fourth-order valence-electron chi connectivity index (χ4n) is 4.06. The highest BCUT2D eigenvalue weighted by molar-refractivity contribution is 5.97. The molecule has 1 N–H and O–H groups in total. The van der Waals surface area contributed by atoms with Crippen molar-refractivity contribution in [3.8, 4) is 11.3 Å². The second kappa shape index (κ2) is 9.92. The number of esters is 1. The summed E-state index contributed by atoms with van der Waals surface area (Å²) in [6, 6.07) is 8.11. The number of benzene rings is 2. The van der Waals surface area contributed by atoms with Crippen molar-refractivity contribution in [3.05, 3.63) is 73.2 Å². The molecule has 0 amide bonds. The monoisotopic (exact) mass is 522 g/mol. The summed E-state index contributed by atoms with van der Waals surface area (Å²) in [6.45, 7) is 7.08. The Morgan fingerprint density at radius 1 is 1.05 bits per heavy atom. The second-order valence-corrected chi connectivity index (χ2v) is 9.65. The number of aromatic nitrogens is 3. The number of fused-ring (bicyclic) bond motifs is 2. The number of carbonyl (C=O) groups is 1. The van der Waals surface area contributed by atoms with Crippen LogP contribution in [0.4, 0.5) is 11.4 Å². The highest BCUT2D eigenvalue weighted by Gasteiger charge is 2.24. The lowest BCUT2D eigenvalue weighted by Crippen LogP contribution is -2.31. The first-order valence-electron chi connectivity index (χ1n) is 11.8. The first-order chi connectivity index (χ1) is 17.9. The molecule has 0 bridgehead atoms. The van der Waals surface area contributed by atoms with Crippen molar-refractivity contribution >= 4 is 39.3 Å². The largest absolute Gasteiger partial charge is 0.459 e. The van der Waals surface area contributed by atoms with Crippen molar-refractivity contribution < 1.29 is 19.4 Å². The van der Waals surface area contributed by atoms with Gasteiger partial charge in [0.25, 0.3) is 16.9 Å². The van der Waals surface area contributed by atoms with Crippen LogP contribution in [0.25, 0.3) is 33.2 Å². The van der Waals surface area contributed by atoms with Gasteiger partial charge in [0.1, 0.15) is 17.8 Å². The number of rotatable bonds is 8. The van der Waals surface area contributed by atoms with Crippen molar-refractivity contribution in [2.75, 3.05) is 12.0 Å². The second-order valence-electron chi connectivity index (χ2n) is 9.65. The van der Waals surface area contributed by atoms with E-state index in [0.29, 0.717) is 23.0 Å². The average Bonchev–Trinajstić information content (AvgIpc) is 3.20. The molecule has 0 aliphatic rings. The van der Waals surface area contributed by atoms with Gasteiger partial charge in [-0.1, -0.05) is 6.92 Å². The van der Waals surface area contributed by atoms with Gasteiger partial charge in [-0.2, -0.15) is 0 Å². The third-order valence-corrected chi connectivity index (χ3v) is 5.64.